The van der Waals surface area contributed by atoms with E-state index in [1.54, 1.807) is 18.1 Å². The highest BCUT2D eigenvalue weighted by atomic mass is 35.5. The van der Waals surface area contributed by atoms with E-state index < -0.39 is 4.92 Å². The van der Waals surface area contributed by atoms with Crippen molar-refractivity contribution in [3.63, 3.8) is 0 Å². The van der Waals surface area contributed by atoms with E-state index in [0.717, 1.165) is 49.5 Å². The van der Waals surface area contributed by atoms with Gasteiger partial charge in [-0.25, -0.2) is 4.98 Å². The van der Waals surface area contributed by atoms with Gasteiger partial charge in [0.2, 0.25) is 0 Å². The maximum Gasteiger partial charge on any atom is 0.270 e. The molecule has 0 atom stereocenters. The average molecular weight is 493 g/mol. The molecule has 1 fully saturated rings. The second-order valence-corrected chi connectivity index (χ2v) is 8.41. The number of benzene rings is 2. The zero-order valence-electron chi connectivity index (χ0n) is 18.1. The van der Waals surface area contributed by atoms with Crippen LogP contribution in [0.25, 0.3) is 10.2 Å². The van der Waals surface area contributed by atoms with Gasteiger partial charge in [0.05, 0.1) is 35.5 Å². The zero-order valence-corrected chi connectivity index (χ0v) is 19.8. The molecular formula is C22H25ClN4O5S. The van der Waals surface area contributed by atoms with Gasteiger partial charge in [0.1, 0.15) is 5.75 Å². The molecule has 11 heteroatoms. The third kappa shape index (κ3) is 5.97. The number of aromatic nitrogens is 1. The second-order valence-electron chi connectivity index (χ2n) is 7.40. The van der Waals surface area contributed by atoms with Crippen molar-refractivity contribution < 1.29 is 19.2 Å². The van der Waals surface area contributed by atoms with E-state index in [1.807, 2.05) is 18.2 Å². The minimum Gasteiger partial charge on any atom is -0.497 e. The Balaban J connectivity index is 0.00000306. The smallest absolute Gasteiger partial charge is 0.270 e. The van der Waals surface area contributed by atoms with Crippen LogP contribution < -0.4 is 9.64 Å². The number of nitrogens with zero attached hydrogens (tertiary/aromatic N) is 4. The van der Waals surface area contributed by atoms with E-state index in [2.05, 4.69) is 9.88 Å². The summed E-state index contributed by atoms with van der Waals surface area (Å²) in [5, 5.41) is 11.7. The average Bonchev–Trinajstić information content (AvgIpc) is 3.25. The number of amides is 1. The number of nitro groups is 1. The molecule has 1 saturated heterocycles. The van der Waals surface area contributed by atoms with Gasteiger partial charge in [-0.1, -0.05) is 17.4 Å². The molecule has 0 spiro atoms. The fourth-order valence-electron chi connectivity index (χ4n) is 3.61. The van der Waals surface area contributed by atoms with E-state index in [4.69, 9.17) is 9.47 Å². The Morgan fingerprint density at radius 3 is 2.79 bits per heavy atom. The van der Waals surface area contributed by atoms with Crippen molar-refractivity contribution in [2.45, 2.75) is 6.42 Å². The van der Waals surface area contributed by atoms with Crippen molar-refractivity contribution in [2.75, 3.05) is 51.4 Å². The summed E-state index contributed by atoms with van der Waals surface area (Å²) in [5.74, 6) is 0.389. The minimum absolute atomic E-state index is 0. The summed E-state index contributed by atoms with van der Waals surface area (Å²) in [7, 11) is 1.60. The number of fused-ring (bicyclic) bond motifs is 1. The van der Waals surface area contributed by atoms with Gasteiger partial charge < -0.3 is 9.47 Å². The number of morpholine rings is 1. The molecule has 1 aliphatic rings. The molecule has 3 aromatic rings. The molecule has 4 rings (SSSR count). The van der Waals surface area contributed by atoms with Crippen LogP contribution in [0.3, 0.4) is 0 Å². The fraction of sp³-hybridized carbons (Fsp3) is 0.364. The van der Waals surface area contributed by atoms with Crippen molar-refractivity contribution in [1.29, 1.82) is 0 Å². The molecule has 0 bridgehead atoms. The minimum atomic E-state index is -0.497. The predicted octanol–water partition coefficient (Wildman–Crippen LogP) is 4.00. The molecule has 1 amide bonds. The van der Waals surface area contributed by atoms with Crippen molar-refractivity contribution in [2.24, 2.45) is 0 Å². The van der Waals surface area contributed by atoms with Crippen LogP contribution in [0.4, 0.5) is 10.8 Å². The van der Waals surface area contributed by atoms with Crippen LogP contribution in [0, 0.1) is 10.1 Å². The summed E-state index contributed by atoms with van der Waals surface area (Å²) in [6.45, 7) is 4.47. The van der Waals surface area contributed by atoms with E-state index in [-0.39, 0.29) is 29.6 Å². The van der Waals surface area contributed by atoms with Crippen molar-refractivity contribution in [1.82, 2.24) is 9.88 Å². The molecule has 1 aromatic heterocycles. The number of halogens is 1. The Hall–Kier alpha value is -2.79. The lowest BCUT2D eigenvalue weighted by Gasteiger charge is -2.27. The molecule has 33 heavy (non-hydrogen) atoms. The Morgan fingerprint density at radius 1 is 1.27 bits per heavy atom. The number of non-ortho nitro benzene ring substituents is 1. The van der Waals surface area contributed by atoms with Crippen LogP contribution in [0.15, 0.2) is 42.5 Å². The lowest BCUT2D eigenvalue weighted by atomic mass is 10.1. The van der Waals surface area contributed by atoms with Gasteiger partial charge in [0.15, 0.2) is 5.13 Å². The molecule has 0 saturated carbocycles. The number of hydrogen-bond donors (Lipinski definition) is 0. The molecular weight excluding hydrogens is 468 g/mol. The second kappa shape index (κ2) is 11.4. The Kier molecular flexibility index (Phi) is 8.56. The topological polar surface area (TPSA) is 98.0 Å². The summed E-state index contributed by atoms with van der Waals surface area (Å²) in [6.07, 6.45) is 0.750. The maximum absolute atomic E-state index is 13.4. The van der Waals surface area contributed by atoms with Gasteiger partial charge in [-0.3, -0.25) is 24.7 Å². The molecule has 9 nitrogen and oxygen atoms in total. The first kappa shape index (κ1) is 24.8. The first-order valence-electron chi connectivity index (χ1n) is 10.4. The standard InChI is InChI=1S/C22H24N4O5S.ClH/c1-30-18-6-7-20-19(15-18)23-22(32-20)25(9-3-8-24-10-12-31-13-11-24)21(27)16-4-2-5-17(14-16)26(28)29;/h2,4-7,14-15H,3,8-13H2,1H3;1H. The molecule has 2 aromatic carbocycles. The highest BCUT2D eigenvalue weighted by molar-refractivity contribution is 7.22. The van der Waals surface area contributed by atoms with Crippen LogP contribution >= 0.6 is 23.7 Å². The first-order chi connectivity index (χ1) is 15.5. The quantitative estimate of drug-likeness (QED) is 0.346. The number of hydrogen-bond acceptors (Lipinski definition) is 8. The summed E-state index contributed by atoms with van der Waals surface area (Å²) >= 11 is 1.42. The summed E-state index contributed by atoms with van der Waals surface area (Å²) in [4.78, 5) is 32.7. The number of thiazole rings is 1. The summed E-state index contributed by atoms with van der Waals surface area (Å²) < 4.78 is 11.6. The van der Waals surface area contributed by atoms with Gasteiger partial charge >= 0.3 is 0 Å². The van der Waals surface area contributed by atoms with Crippen LogP contribution in [0.5, 0.6) is 5.75 Å². The number of ether oxygens (including phenoxy) is 2. The van der Waals surface area contributed by atoms with E-state index in [1.165, 1.54) is 29.5 Å². The number of methoxy groups -OCH3 is 1. The van der Waals surface area contributed by atoms with Gasteiger partial charge in [0.25, 0.3) is 11.6 Å². The fourth-order valence-corrected chi connectivity index (χ4v) is 4.58. The predicted molar refractivity (Wildman–Crippen MR) is 130 cm³/mol. The molecule has 2 heterocycles. The van der Waals surface area contributed by atoms with E-state index in [0.29, 0.717) is 17.4 Å². The SMILES string of the molecule is COc1ccc2sc(N(CCCN3CCOCC3)C(=O)c3cccc([N+](=O)[O-])c3)nc2c1.Cl. The normalized spacial score (nSPS) is 14.0. The number of carbonyl (C=O) groups excluding carboxylic acids is 1. The van der Waals surface area contributed by atoms with Gasteiger partial charge in [-0.05, 0) is 24.6 Å². The Bertz CT molecular complexity index is 1120. The van der Waals surface area contributed by atoms with Crippen LogP contribution in [0.2, 0.25) is 0 Å². The van der Waals surface area contributed by atoms with Crippen molar-refractivity contribution in [3.05, 3.63) is 58.1 Å². The lowest BCUT2D eigenvalue weighted by Crippen LogP contribution is -2.39. The Morgan fingerprint density at radius 2 is 2.06 bits per heavy atom. The molecule has 1 aliphatic heterocycles. The number of anilines is 1. The van der Waals surface area contributed by atoms with Gasteiger partial charge in [-0.15, -0.1) is 12.4 Å². The molecule has 0 aliphatic carbocycles. The highest BCUT2D eigenvalue weighted by Gasteiger charge is 2.23. The molecule has 0 unspecified atom stereocenters. The third-order valence-electron chi connectivity index (χ3n) is 5.32. The third-order valence-corrected chi connectivity index (χ3v) is 6.38. The summed E-state index contributed by atoms with van der Waals surface area (Å²) in [5.41, 5.74) is 0.898. The summed E-state index contributed by atoms with van der Waals surface area (Å²) in [6, 6.07) is 11.4. The maximum atomic E-state index is 13.4. The van der Waals surface area contributed by atoms with Crippen molar-refractivity contribution >= 4 is 50.7 Å². The molecule has 0 N–H and O–H groups in total. The highest BCUT2D eigenvalue weighted by Crippen LogP contribution is 2.32. The molecule has 0 radical (unpaired) electrons. The largest absolute Gasteiger partial charge is 0.497 e. The van der Waals surface area contributed by atoms with Gasteiger partial charge in [0, 0.05) is 49.9 Å². The number of carbonyl (C=O) groups is 1. The van der Waals surface area contributed by atoms with Crippen molar-refractivity contribution in [3.8, 4) is 5.75 Å². The van der Waals surface area contributed by atoms with Crippen LogP contribution in [-0.2, 0) is 4.74 Å². The first-order valence-corrected chi connectivity index (χ1v) is 11.2. The zero-order chi connectivity index (χ0) is 22.5. The van der Waals surface area contributed by atoms with E-state index in [9.17, 15) is 14.9 Å². The monoisotopic (exact) mass is 492 g/mol. The van der Waals surface area contributed by atoms with Crippen LogP contribution in [-0.4, -0.2) is 67.2 Å². The van der Waals surface area contributed by atoms with Crippen LogP contribution in [0.1, 0.15) is 16.8 Å². The van der Waals surface area contributed by atoms with Gasteiger partial charge in [-0.2, -0.15) is 0 Å². The number of rotatable bonds is 8. The van der Waals surface area contributed by atoms with E-state index >= 15 is 0 Å². The number of nitro benzene ring substituents is 1. The Labute approximate surface area is 201 Å². The lowest BCUT2D eigenvalue weighted by molar-refractivity contribution is -0.384. The molecule has 176 valence electrons.